The predicted molar refractivity (Wildman–Crippen MR) is 71.2 cm³/mol. The van der Waals surface area contributed by atoms with Gasteiger partial charge in [-0.2, -0.15) is 0 Å². The minimum atomic E-state index is -0.876. The molecule has 112 valence electrons. The van der Waals surface area contributed by atoms with Gasteiger partial charge in [-0.1, -0.05) is 6.42 Å². The Bertz CT molecular complexity index is 401. The molecule has 0 aromatic rings. The summed E-state index contributed by atoms with van der Waals surface area (Å²) in [4.78, 5) is 25.2. The third kappa shape index (κ3) is 2.67. The maximum atomic E-state index is 12.6. The summed E-state index contributed by atoms with van der Waals surface area (Å²) in [6.45, 7) is 2.36. The van der Waals surface area contributed by atoms with Gasteiger partial charge in [0.25, 0.3) is 0 Å². The summed E-state index contributed by atoms with van der Waals surface area (Å²) in [7, 11) is 0. The maximum Gasteiger partial charge on any atom is 0.306 e. The van der Waals surface area contributed by atoms with Gasteiger partial charge in [0.05, 0.1) is 25.2 Å². The van der Waals surface area contributed by atoms with Crippen LogP contribution in [-0.2, 0) is 14.3 Å². The number of nitrogens with zero attached hydrogens (tertiary/aromatic N) is 1. The molecule has 3 fully saturated rings. The molecule has 3 rings (SSSR count). The van der Waals surface area contributed by atoms with Crippen molar-refractivity contribution >= 4 is 11.9 Å². The molecule has 1 aliphatic carbocycles. The van der Waals surface area contributed by atoms with E-state index >= 15 is 0 Å². The monoisotopic (exact) mass is 282 g/mol. The molecule has 0 aromatic heterocycles. The highest BCUT2D eigenvalue weighted by Gasteiger charge is 2.44. The number of fused-ring (bicyclic) bond motifs is 1. The molecule has 1 saturated carbocycles. The maximum absolute atomic E-state index is 12.6. The molecule has 2 N–H and O–H groups in total. The van der Waals surface area contributed by atoms with Crippen molar-refractivity contribution in [3.63, 3.8) is 0 Å². The Morgan fingerprint density at radius 3 is 3.00 bits per heavy atom. The fourth-order valence-electron chi connectivity index (χ4n) is 3.89. The summed E-state index contributed by atoms with van der Waals surface area (Å²) in [5.74, 6) is 0.389. The van der Waals surface area contributed by atoms with E-state index in [1.807, 2.05) is 0 Å². The van der Waals surface area contributed by atoms with Crippen LogP contribution in [0.4, 0.5) is 0 Å². The van der Waals surface area contributed by atoms with E-state index in [-0.39, 0.29) is 24.5 Å². The molecule has 6 heteroatoms. The van der Waals surface area contributed by atoms with Crippen molar-refractivity contribution in [3.05, 3.63) is 0 Å². The largest absolute Gasteiger partial charge is 0.481 e. The molecule has 0 radical (unpaired) electrons. The molecule has 4 atom stereocenters. The van der Waals surface area contributed by atoms with Crippen LogP contribution in [0.2, 0.25) is 0 Å². The standard InChI is InChI=1S/C14H22N2O4/c17-12(18)6-10-8-16(4-5-20-10)14(19)13-11-3-1-2-9(11)7-15-13/h9-11,13,15H,1-8H2,(H,17,18). The number of aliphatic carboxylic acids is 1. The summed E-state index contributed by atoms with van der Waals surface area (Å²) in [5.41, 5.74) is 0. The van der Waals surface area contributed by atoms with Crippen LogP contribution in [-0.4, -0.2) is 60.3 Å². The van der Waals surface area contributed by atoms with E-state index in [4.69, 9.17) is 9.84 Å². The number of carboxylic acid groups (broad SMARTS) is 1. The average Bonchev–Trinajstić information content (AvgIpc) is 2.99. The zero-order valence-electron chi connectivity index (χ0n) is 11.6. The van der Waals surface area contributed by atoms with Crippen LogP contribution in [0, 0.1) is 11.8 Å². The van der Waals surface area contributed by atoms with Gasteiger partial charge in [0.15, 0.2) is 0 Å². The number of hydrogen-bond donors (Lipinski definition) is 2. The number of ether oxygens (including phenoxy) is 1. The van der Waals surface area contributed by atoms with Gasteiger partial charge in [-0.3, -0.25) is 9.59 Å². The lowest BCUT2D eigenvalue weighted by atomic mass is 9.93. The van der Waals surface area contributed by atoms with Gasteiger partial charge in [0.1, 0.15) is 0 Å². The number of amides is 1. The van der Waals surface area contributed by atoms with Gasteiger partial charge in [0, 0.05) is 13.1 Å². The smallest absolute Gasteiger partial charge is 0.306 e. The molecule has 0 bridgehead atoms. The fraction of sp³-hybridized carbons (Fsp3) is 0.857. The molecular formula is C14H22N2O4. The Morgan fingerprint density at radius 1 is 1.35 bits per heavy atom. The molecule has 2 aliphatic heterocycles. The van der Waals surface area contributed by atoms with Gasteiger partial charge in [-0.25, -0.2) is 0 Å². The molecule has 2 saturated heterocycles. The summed E-state index contributed by atoms with van der Waals surface area (Å²) in [6, 6.07) is -0.0638. The van der Waals surface area contributed by atoms with E-state index in [2.05, 4.69) is 5.32 Å². The minimum absolute atomic E-state index is 0.0338. The first kappa shape index (κ1) is 13.8. The Labute approximate surface area is 118 Å². The molecule has 1 amide bonds. The van der Waals surface area contributed by atoms with Crippen LogP contribution in [0.3, 0.4) is 0 Å². The Kier molecular flexibility index (Phi) is 3.94. The second-order valence-corrected chi connectivity index (χ2v) is 6.12. The molecule has 20 heavy (non-hydrogen) atoms. The summed E-state index contributed by atoms with van der Waals surface area (Å²) in [6.07, 6.45) is 3.19. The fourth-order valence-corrected chi connectivity index (χ4v) is 3.89. The van der Waals surface area contributed by atoms with E-state index in [1.165, 1.54) is 12.8 Å². The summed E-state index contributed by atoms with van der Waals surface area (Å²) < 4.78 is 5.42. The lowest BCUT2D eigenvalue weighted by molar-refractivity contribution is -0.149. The lowest BCUT2D eigenvalue weighted by Gasteiger charge is -2.35. The molecular weight excluding hydrogens is 260 g/mol. The Morgan fingerprint density at radius 2 is 2.20 bits per heavy atom. The van der Waals surface area contributed by atoms with E-state index in [0.717, 1.165) is 13.0 Å². The first-order chi connectivity index (χ1) is 9.65. The van der Waals surface area contributed by atoms with Crippen molar-refractivity contribution in [3.8, 4) is 0 Å². The Hall–Kier alpha value is -1.14. The van der Waals surface area contributed by atoms with E-state index < -0.39 is 5.97 Å². The van der Waals surface area contributed by atoms with Crippen molar-refractivity contribution in [2.24, 2.45) is 11.8 Å². The van der Waals surface area contributed by atoms with Crippen molar-refractivity contribution in [2.75, 3.05) is 26.2 Å². The highest BCUT2D eigenvalue weighted by Crippen LogP contribution is 2.38. The van der Waals surface area contributed by atoms with Crippen LogP contribution in [0.1, 0.15) is 25.7 Å². The summed E-state index contributed by atoms with van der Waals surface area (Å²) >= 11 is 0. The number of carboxylic acids is 1. The number of morpholine rings is 1. The highest BCUT2D eigenvalue weighted by atomic mass is 16.5. The van der Waals surface area contributed by atoms with E-state index in [9.17, 15) is 9.59 Å². The minimum Gasteiger partial charge on any atom is -0.481 e. The van der Waals surface area contributed by atoms with Crippen molar-refractivity contribution in [2.45, 2.75) is 37.8 Å². The van der Waals surface area contributed by atoms with Gasteiger partial charge >= 0.3 is 5.97 Å². The SMILES string of the molecule is O=C(O)CC1CN(C(=O)C2NCC3CCCC32)CCO1. The van der Waals surface area contributed by atoms with Crippen LogP contribution >= 0.6 is 0 Å². The molecule has 0 spiro atoms. The zero-order valence-corrected chi connectivity index (χ0v) is 11.6. The van der Waals surface area contributed by atoms with Crippen molar-refractivity contribution < 1.29 is 19.4 Å². The van der Waals surface area contributed by atoms with Gasteiger partial charge in [-0.05, 0) is 31.2 Å². The third-order valence-electron chi connectivity index (χ3n) is 4.86. The Balaban J connectivity index is 1.60. The molecule has 6 nitrogen and oxygen atoms in total. The van der Waals surface area contributed by atoms with Gasteiger partial charge < -0.3 is 20.1 Å². The molecule has 2 heterocycles. The topological polar surface area (TPSA) is 78.9 Å². The molecule has 0 aromatic carbocycles. The molecule has 3 aliphatic rings. The van der Waals surface area contributed by atoms with Crippen LogP contribution in [0.25, 0.3) is 0 Å². The van der Waals surface area contributed by atoms with Crippen molar-refractivity contribution in [1.29, 1.82) is 0 Å². The first-order valence-corrected chi connectivity index (χ1v) is 7.50. The number of carbonyl (C=O) groups is 2. The molecule has 4 unspecified atom stereocenters. The second-order valence-electron chi connectivity index (χ2n) is 6.12. The van der Waals surface area contributed by atoms with Crippen LogP contribution in [0.5, 0.6) is 0 Å². The highest BCUT2D eigenvalue weighted by molar-refractivity contribution is 5.83. The third-order valence-corrected chi connectivity index (χ3v) is 4.86. The van der Waals surface area contributed by atoms with Crippen LogP contribution < -0.4 is 5.32 Å². The average molecular weight is 282 g/mol. The number of hydrogen-bond acceptors (Lipinski definition) is 4. The summed E-state index contributed by atoms with van der Waals surface area (Å²) in [5, 5.41) is 12.2. The number of rotatable bonds is 3. The zero-order chi connectivity index (χ0) is 14.1. The quantitative estimate of drug-likeness (QED) is 0.766. The van der Waals surface area contributed by atoms with E-state index in [1.54, 1.807) is 4.90 Å². The predicted octanol–water partition coefficient (Wildman–Crippen LogP) is 0.0766. The number of nitrogens with one attached hydrogen (secondary N) is 1. The normalized spacial score (nSPS) is 36.9. The second kappa shape index (κ2) is 5.69. The van der Waals surface area contributed by atoms with Crippen molar-refractivity contribution in [1.82, 2.24) is 10.2 Å². The van der Waals surface area contributed by atoms with Crippen LogP contribution in [0.15, 0.2) is 0 Å². The van der Waals surface area contributed by atoms with Gasteiger partial charge in [0.2, 0.25) is 5.91 Å². The lowest BCUT2D eigenvalue weighted by Crippen LogP contribution is -2.53. The van der Waals surface area contributed by atoms with Gasteiger partial charge in [-0.15, -0.1) is 0 Å². The first-order valence-electron chi connectivity index (χ1n) is 7.50. The van der Waals surface area contributed by atoms with E-state index in [0.29, 0.717) is 31.5 Å². The number of carbonyl (C=O) groups excluding carboxylic acids is 1.